The minimum atomic E-state index is -4.73. The van der Waals surface area contributed by atoms with Gasteiger partial charge in [-0.25, -0.2) is 0 Å². The highest BCUT2D eigenvalue weighted by molar-refractivity contribution is 5.77. The molecule has 0 N–H and O–H groups in total. The van der Waals surface area contributed by atoms with E-state index in [0.29, 0.717) is 0 Å². The maximum atomic E-state index is 13.1. The third-order valence-corrected chi connectivity index (χ3v) is 3.44. The highest BCUT2D eigenvalue weighted by atomic mass is 19.4. The summed E-state index contributed by atoms with van der Waals surface area (Å²) in [6.45, 7) is 2.31. The lowest BCUT2D eigenvalue weighted by Crippen LogP contribution is -2.26. The first kappa shape index (κ1) is 21.0. The second kappa shape index (κ2) is 10.7. The van der Waals surface area contributed by atoms with Crippen LogP contribution in [0.2, 0.25) is 0 Å². The molecule has 0 aliphatic carbocycles. The predicted octanol–water partition coefficient (Wildman–Crippen LogP) is 4.74. The molecule has 0 radical (unpaired) electrons. The van der Waals surface area contributed by atoms with Crippen LogP contribution in [0, 0.1) is 0 Å². The van der Waals surface area contributed by atoms with Crippen LogP contribution in [-0.2, 0) is 19.1 Å². The van der Waals surface area contributed by atoms with Gasteiger partial charge in [-0.15, -0.1) is 0 Å². The van der Waals surface area contributed by atoms with Crippen LogP contribution in [0.15, 0.2) is 30.3 Å². The van der Waals surface area contributed by atoms with E-state index in [4.69, 9.17) is 4.74 Å². The second-order valence-corrected chi connectivity index (χ2v) is 5.60. The number of carbonyl (C=O) groups is 2. The van der Waals surface area contributed by atoms with E-state index in [-0.39, 0.29) is 18.6 Å². The number of benzene rings is 1. The van der Waals surface area contributed by atoms with Gasteiger partial charge in [0.2, 0.25) is 6.10 Å². The van der Waals surface area contributed by atoms with Crippen molar-refractivity contribution < 1.29 is 32.2 Å². The average molecular weight is 360 g/mol. The molecule has 0 spiro atoms. The molecule has 1 rings (SSSR count). The molecule has 0 bridgehead atoms. The van der Waals surface area contributed by atoms with E-state index in [1.54, 1.807) is 6.07 Å². The number of halogens is 3. The van der Waals surface area contributed by atoms with E-state index in [9.17, 15) is 22.8 Å². The second-order valence-electron chi connectivity index (χ2n) is 5.60. The minimum Gasteiger partial charge on any atom is -0.466 e. The Bertz CT molecular complexity index is 529. The maximum Gasteiger partial charge on any atom is 0.429 e. The molecule has 4 nitrogen and oxygen atoms in total. The summed E-state index contributed by atoms with van der Waals surface area (Å²) < 4.78 is 48.7. The maximum absolute atomic E-state index is 13.1. The number of rotatable bonds is 10. The number of hydrogen-bond donors (Lipinski definition) is 0. The number of unbranched alkanes of at least 4 members (excludes halogenated alkanes) is 3. The number of esters is 2. The fraction of sp³-hybridized carbons (Fsp3) is 0.556. The number of ether oxygens (including phenoxy) is 2. The van der Waals surface area contributed by atoms with Crippen molar-refractivity contribution in [2.75, 3.05) is 6.61 Å². The standard InChI is InChI=1S/C18H23F3O4/c1-2-3-4-8-13-24-15(22)11-12-16(23)25-17(18(19,20)21)14-9-6-5-7-10-14/h5-7,9-10,17H,2-4,8,11-13H2,1H3. The monoisotopic (exact) mass is 360 g/mol. The first-order valence-electron chi connectivity index (χ1n) is 8.31. The van der Waals surface area contributed by atoms with Crippen LogP contribution in [0.25, 0.3) is 0 Å². The predicted molar refractivity (Wildman–Crippen MR) is 85.7 cm³/mol. The Kier molecular flexibility index (Phi) is 9.02. The molecule has 0 amide bonds. The van der Waals surface area contributed by atoms with Gasteiger partial charge in [0.25, 0.3) is 0 Å². The smallest absolute Gasteiger partial charge is 0.429 e. The van der Waals surface area contributed by atoms with Crippen LogP contribution in [0.1, 0.15) is 57.1 Å². The van der Waals surface area contributed by atoms with E-state index in [0.717, 1.165) is 25.7 Å². The van der Waals surface area contributed by atoms with Gasteiger partial charge in [0.1, 0.15) is 0 Å². The Balaban J connectivity index is 2.42. The van der Waals surface area contributed by atoms with Gasteiger partial charge in [0.15, 0.2) is 0 Å². The summed E-state index contributed by atoms with van der Waals surface area (Å²) in [6.07, 6.45) is -4.05. The lowest BCUT2D eigenvalue weighted by atomic mass is 10.1. The third-order valence-electron chi connectivity index (χ3n) is 3.44. The molecule has 0 heterocycles. The van der Waals surface area contributed by atoms with Gasteiger partial charge < -0.3 is 9.47 Å². The molecule has 0 fully saturated rings. The molecule has 0 aliphatic heterocycles. The fourth-order valence-electron chi connectivity index (χ4n) is 2.13. The van der Waals surface area contributed by atoms with Crippen LogP contribution in [0.3, 0.4) is 0 Å². The van der Waals surface area contributed by atoms with E-state index >= 15 is 0 Å². The number of carbonyl (C=O) groups excluding carboxylic acids is 2. The van der Waals surface area contributed by atoms with Gasteiger partial charge in [0, 0.05) is 5.56 Å². The molecule has 1 unspecified atom stereocenters. The molecule has 1 atom stereocenters. The quantitative estimate of drug-likeness (QED) is 0.447. The summed E-state index contributed by atoms with van der Waals surface area (Å²) >= 11 is 0. The van der Waals surface area contributed by atoms with Crippen LogP contribution in [-0.4, -0.2) is 24.7 Å². The van der Waals surface area contributed by atoms with Crippen molar-refractivity contribution >= 4 is 11.9 Å². The highest BCUT2D eigenvalue weighted by Crippen LogP contribution is 2.36. The SMILES string of the molecule is CCCCCCOC(=O)CCC(=O)OC(c1ccccc1)C(F)(F)F. The molecular weight excluding hydrogens is 337 g/mol. The van der Waals surface area contributed by atoms with E-state index in [2.05, 4.69) is 11.7 Å². The zero-order chi connectivity index (χ0) is 18.7. The van der Waals surface area contributed by atoms with E-state index < -0.39 is 30.6 Å². The summed E-state index contributed by atoms with van der Waals surface area (Å²) in [5, 5.41) is 0. The number of hydrogen-bond acceptors (Lipinski definition) is 4. The van der Waals surface area contributed by atoms with Gasteiger partial charge in [-0.1, -0.05) is 56.5 Å². The first-order chi connectivity index (χ1) is 11.8. The van der Waals surface area contributed by atoms with Crippen molar-refractivity contribution in [3.8, 4) is 0 Å². The van der Waals surface area contributed by atoms with Crippen molar-refractivity contribution in [1.29, 1.82) is 0 Å². The molecule has 1 aromatic rings. The van der Waals surface area contributed by atoms with E-state index in [1.807, 2.05) is 0 Å². The summed E-state index contributed by atoms with van der Waals surface area (Å²) in [5.41, 5.74) is -0.165. The zero-order valence-electron chi connectivity index (χ0n) is 14.2. The topological polar surface area (TPSA) is 52.6 Å². The summed E-state index contributed by atoms with van der Waals surface area (Å²) in [7, 11) is 0. The molecule has 0 aromatic heterocycles. The summed E-state index contributed by atoms with van der Waals surface area (Å²) in [4.78, 5) is 23.1. The normalized spacial score (nSPS) is 12.5. The average Bonchev–Trinajstić information content (AvgIpc) is 2.57. The van der Waals surface area contributed by atoms with Gasteiger partial charge in [0.05, 0.1) is 19.4 Å². The Morgan fingerprint density at radius 1 is 1.00 bits per heavy atom. The lowest BCUT2D eigenvalue weighted by Gasteiger charge is -2.21. The van der Waals surface area contributed by atoms with Gasteiger partial charge in [-0.2, -0.15) is 13.2 Å². The molecule has 7 heteroatoms. The van der Waals surface area contributed by atoms with Gasteiger partial charge >= 0.3 is 18.1 Å². The molecular formula is C18H23F3O4. The van der Waals surface area contributed by atoms with Crippen LogP contribution >= 0.6 is 0 Å². The summed E-state index contributed by atoms with van der Waals surface area (Å²) in [6, 6.07) is 6.89. The van der Waals surface area contributed by atoms with Crippen LogP contribution in [0.5, 0.6) is 0 Å². The van der Waals surface area contributed by atoms with Crippen molar-refractivity contribution in [1.82, 2.24) is 0 Å². The fourth-order valence-corrected chi connectivity index (χ4v) is 2.13. The number of alkyl halides is 3. The Labute approximate surface area is 145 Å². The van der Waals surface area contributed by atoms with Crippen molar-refractivity contribution in [2.24, 2.45) is 0 Å². The highest BCUT2D eigenvalue weighted by Gasteiger charge is 2.43. The molecule has 0 saturated carbocycles. The lowest BCUT2D eigenvalue weighted by molar-refractivity contribution is -0.224. The Morgan fingerprint density at radius 3 is 2.24 bits per heavy atom. The van der Waals surface area contributed by atoms with E-state index in [1.165, 1.54) is 24.3 Å². The third kappa shape index (κ3) is 8.56. The van der Waals surface area contributed by atoms with Crippen molar-refractivity contribution in [3.05, 3.63) is 35.9 Å². The largest absolute Gasteiger partial charge is 0.466 e. The van der Waals surface area contributed by atoms with Crippen LogP contribution in [0.4, 0.5) is 13.2 Å². The van der Waals surface area contributed by atoms with Crippen molar-refractivity contribution in [3.63, 3.8) is 0 Å². The van der Waals surface area contributed by atoms with Crippen molar-refractivity contribution in [2.45, 2.75) is 57.7 Å². The van der Waals surface area contributed by atoms with Crippen LogP contribution < -0.4 is 0 Å². The molecule has 140 valence electrons. The first-order valence-corrected chi connectivity index (χ1v) is 8.31. The minimum absolute atomic E-state index is 0.165. The van der Waals surface area contributed by atoms with Gasteiger partial charge in [-0.05, 0) is 6.42 Å². The Morgan fingerprint density at radius 2 is 1.64 bits per heavy atom. The molecule has 0 saturated heterocycles. The molecule has 25 heavy (non-hydrogen) atoms. The molecule has 1 aromatic carbocycles. The Hall–Kier alpha value is -2.05. The zero-order valence-corrected chi connectivity index (χ0v) is 14.2. The molecule has 0 aliphatic rings. The summed E-state index contributed by atoms with van der Waals surface area (Å²) in [5.74, 6) is -1.70. The van der Waals surface area contributed by atoms with Gasteiger partial charge in [-0.3, -0.25) is 9.59 Å².